The molecule has 1 N–H and O–H groups in total. The zero-order valence-electron chi connectivity index (χ0n) is 16.6. The van der Waals surface area contributed by atoms with Gasteiger partial charge in [0.15, 0.2) is 11.5 Å². The van der Waals surface area contributed by atoms with Crippen LogP contribution in [0.1, 0.15) is 21.6 Å². The van der Waals surface area contributed by atoms with Crippen LogP contribution in [0.5, 0.6) is 11.5 Å². The zero-order valence-corrected chi connectivity index (χ0v) is 17.3. The summed E-state index contributed by atoms with van der Waals surface area (Å²) in [7, 11) is 0. The van der Waals surface area contributed by atoms with Crippen LogP contribution in [0.2, 0.25) is 5.02 Å². The Morgan fingerprint density at radius 2 is 1.73 bits per heavy atom. The normalized spacial score (nSPS) is 13.2. The van der Waals surface area contributed by atoms with Gasteiger partial charge in [-0.25, -0.2) is 0 Å². The fraction of sp³-hybridized carbons (Fsp3) is 0.182. The van der Waals surface area contributed by atoms with E-state index < -0.39 is 41.4 Å². The molecule has 0 spiro atoms. The van der Waals surface area contributed by atoms with E-state index in [1.165, 1.54) is 18.3 Å². The number of alkyl halides is 5. The molecule has 1 aromatic heterocycles. The number of carbonyl (C=O) groups is 1. The van der Waals surface area contributed by atoms with Gasteiger partial charge in [-0.1, -0.05) is 29.8 Å². The number of carbonyl (C=O) groups excluding carboxylic acids is 1. The van der Waals surface area contributed by atoms with Crippen LogP contribution in [-0.2, 0) is 12.1 Å². The van der Waals surface area contributed by atoms with Gasteiger partial charge >= 0.3 is 12.1 Å². The Labute approximate surface area is 189 Å². The molecule has 0 fully saturated rings. The first kappa shape index (κ1) is 22.8. The molecule has 172 valence electrons. The molecule has 0 atom stereocenters. The van der Waals surface area contributed by atoms with Crippen molar-refractivity contribution in [2.45, 2.75) is 12.1 Å². The van der Waals surface area contributed by atoms with Gasteiger partial charge in [-0.3, -0.25) is 9.78 Å². The van der Waals surface area contributed by atoms with E-state index in [0.29, 0.717) is 28.7 Å². The number of nitrogens with zero attached hydrogens (tertiary/aromatic N) is 1. The average molecular weight is 485 g/mol. The van der Waals surface area contributed by atoms with Crippen LogP contribution >= 0.6 is 11.6 Å². The molecule has 2 aromatic carbocycles. The monoisotopic (exact) mass is 484 g/mol. The van der Waals surface area contributed by atoms with Crippen LogP contribution in [0.15, 0.2) is 54.7 Å². The number of halogens is 6. The van der Waals surface area contributed by atoms with Crippen molar-refractivity contribution in [2.75, 3.05) is 13.3 Å². The molecular weight excluding hydrogens is 471 g/mol. The average Bonchev–Trinajstić information content (AvgIpc) is 3.24. The fourth-order valence-corrected chi connectivity index (χ4v) is 3.54. The highest BCUT2D eigenvalue weighted by Gasteiger charge is 2.38. The predicted octanol–water partition coefficient (Wildman–Crippen LogP) is 5.67. The molecule has 1 amide bonds. The van der Waals surface area contributed by atoms with Gasteiger partial charge in [-0.15, -0.1) is 0 Å². The van der Waals surface area contributed by atoms with Crippen LogP contribution in [0.4, 0.5) is 22.0 Å². The summed E-state index contributed by atoms with van der Waals surface area (Å²) >= 11 is 6.04. The highest BCUT2D eigenvalue weighted by Crippen LogP contribution is 2.38. The molecule has 11 heteroatoms. The van der Waals surface area contributed by atoms with E-state index in [0.717, 1.165) is 12.1 Å². The molecular formula is C22H14ClF5N2O3. The van der Waals surface area contributed by atoms with Crippen LogP contribution in [0.25, 0.3) is 11.1 Å². The predicted molar refractivity (Wildman–Crippen MR) is 108 cm³/mol. The number of amides is 1. The van der Waals surface area contributed by atoms with Gasteiger partial charge < -0.3 is 14.8 Å². The summed E-state index contributed by atoms with van der Waals surface area (Å²) in [5.74, 6) is -4.01. The summed E-state index contributed by atoms with van der Waals surface area (Å²) in [6, 6.07) is 10.2. The summed E-state index contributed by atoms with van der Waals surface area (Å²) in [6.07, 6.45) is -3.64. The Morgan fingerprint density at radius 1 is 1.00 bits per heavy atom. The van der Waals surface area contributed by atoms with E-state index in [1.54, 1.807) is 18.2 Å². The van der Waals surface area contributed by atoms with Crippen molar-refractivity contribution < 1.29 is 36.2 Å². The minimum absolute atomic E-state index is 0.0715. The van der Waals surface area contributed by atoms with Gasteiger partial charge in [0.05, 0.1) is 22.7 Å². The largest absolute Gasteiger partial charge is 0.454 e. The third-order valence-corrected chi connectivity index (χ3v) is 5.13. The second-order valence-electron chi connectivity index (χ2n) is 7.05. The molecule has 1 aliphatic heterocycles. The number of pyridine rings is 1. The first-order valence-electron chi connectivity index (χ1n) is 9.44. The van der Waals surface area contributed by atoms with Crippen molar-refractivity contribution in [2.24, 2.45) is 0 Å². The molecule has 1 aliphatic rings. The molecule has 33 heavy (non-hydrogen) atoms. The number of hydrogen-bond donors (Lipinski definition) is 1. The Hall–Kier alpha value is -3.40. The number of rotatable bonds is 5. The summed E-state index contributed by atoms with van der Waals surface area (Å²) in [6.45, 7) is -1.23. The highest BCUT2D eigenvalue weighted by molar-refractivity contribution is 6.31. The first-order chi connectivity index (χ1) is 15.6. The molecule has 2 heterocycles. The number of ether oxygens (including phenoxy) is 2. The van der Waals surface area contributed by atoms with Crippen molar-refractivity contribution in [3.05, 3.63) is 76.6 Å². The van der Waals surface area contributed by atoms with E-state index in [-0.39, 0.29) is 11.8 Å². The molecule has 4 rings (SSSR count). The quantitative estimate of drug-likeness (QED) is 0.474. The molecule has 0 bridgehead atoms. The van der Waals surface area contributed by atoms with E-state index in [2.05, 4.69) is 4.98 Å². The maximum atomic E-state index is 14.7. The lowest BCUT2D eigenvalue weighted by Gasteiger charge is -2.19. The number of hydrogen-bond acceptors (Lipinski definition) is 4. The molecule has 0 saturated heterocycles. The topological polar surface area (TPSA) is 60.5 Å². The Bertz CT molecular complexity index is 1220. The second kappa shape index (κ2) is 8.51. The fourth-order valence-electron chi connectivity index (χ4n) is 3.24. The lowest BCUT2D eigenvalue weighted by Crippen LogP contribution is -2.36. The highest BCUT2D eigenvalue weighted by atomic mass is 35.5. The van der Waals surface area contributed by atoms with Gasteiger partial charge in [0, 0.05) is 11.8 Å². The van der Waals surface area contributed by atoms with Gasteiger partial charge in [0.2, 0.25) is 6.79 Å². The van der Waals surface area contributed by atoms with Crippen LogP contribution in [-0.4, -0.2) is 24.2 Å². The maximum Gasteiger partial charge on any atom is 0.417 e. The van der Waals surface area contributed by atoms with Crippen molar-refractivity contribution in [1.29, 1.82) is 0 Å². The minimum Gasteiger partial charge on any atom is -0.454 e. The van der Waals surface area contributed by atoms with E-state index >= 15 is 0 Å². The number of aromatic nitrogens is 1. The zero-order chi connectivity index (χ0) is 23.8. The van der Waals surface area contributed by atoms with Crippen molar-refractivity contribution in [3.63, 3.8) is 0 Å². The third-order valence-electron chi connectivity index (χ3n) is 4.84. The molecule has 0 unspecified atom stereocenters. The number of fused-ring (bicyclic) bond motifs is 1. The van der Waals surface area contributed by atoms with Gasteiger partial charge in [-0.2, -0.15) is 22.0 Å². The summed E-state index contributed by atoms with van der Waals surface area (Å²) in [5.41, 5.74) is -1.78. The summed E-state index contributed by atoms with van der Waals surface area (Å²) in [5, 5.41) is 1.46. The summed E-state index contributed by atoms with van der Waals surface area (Å²) < 4.78 is 79.2. The summed E-state index contributed by atoms with van der Waals surface area (Å²) in [4.78, 5) is 15.9. The molecule has 3 aromatic rings. The molecule has 5 nitrogen and oxygen atoms in total. The standard InChI is InChI=1S/C22H14ClF5N2O3/c23-16-7-13(12-5-6-17-18(8-12)33-11-32-17)9-29-19(16)21(24,25)10-30-20(31)14-3-1-2-4-15(14)22(26,27)28/h1-9H,10-11H2,(H,30,31). The number of nitrogens with one attached hydrogen (secondary N) is 1. The Balaban J connectivity index is 1.52. The Morgan fingerprint density at radius 3 is 2.45 bits per heavy atom. The SMILES string of the molecule is O=C(NCC(F)(F)c1ncc(-c2ccc3c(c2)OCO3)cc1Cl)c1ccccc1C(F)(F)F. The van der Waals surface area contributed by atoms with Crippen LogP contribution in [0.3, 0.4) is 0 Å². The minimum atomic E-state index is -4.81. The van der Waals surface area contributed by atoms with Crippen LogP contribution in [0, 0.1) is 0 Å². The Kier molecular flexibility index (Phi) is 5.87. The van der Waals surface area contributed by atoms with E-state index in [9.17, 15) is 26.7 Å². The number of benzene rings is 2. The molecule has 0 aliphatic carbocycles. The van der Waals surface area contributed by atoms with E-state index in [4.69, 9.17) is 21.1 Å². The third kappa shape index (κ3) is 4.70. The van der Waals surface area contributed by atoms with Crippen molar-refractivity contribution >= 4 is 17.5 Å². The molecule has 0 saturated carbocycles. The second-order valence-corrected chi connectivity index (χ2v) is 7.46. The lowest BCUT2D eigenvalue weighted by molar-refractivity contribution is -0.137. The smallest absolute Gasteiger partial charge is 0.417 e. The van der Waals surface area contributed by atoms with Crippen LogP contribution < -0.4 is 14.8 Å². The van der Waals surface area contributed by atoms with Crippen molar-refractivity contribution in [1.82, 2.24) is 10.3 Å². The lowest BCUT2D eigenvalue weighted by atomic mass is 10.1. The maximum absolute atomic E-state index is 14.7. The van der Waals surface area contributed by atoms with Gasteiger partial charge in [0.25, 0.3) is 5.91 Å². The first-order valence-corrected chi connectivity index (χ1v) is 9.82. The van der Waals surface area contributed by atoms with Gasteiger partial charge in [-0.05, 0) is 35.9 Å². The molecule has 0 radical (unpaired) electrons. The van der Waals surface area contributed by atoms with Gasteiger partial charge in [0.1, 0.15) is 5.69 Å². The van der Waals surface area contributed by atoms with Crippen molar-refractivity contribution in [3.8, 4) is 22.6 Å². The van der Waals surface area contributed by atoms with E-state index in [1.807, 2.05) is 5.32 Å².